The SMILES string of the molecule is Cc1c(-c2ccc(CC(NC(=O)c3c(F)cc(N4CCOCC4C(F)(F)F)cc3F)C(=O)O)n3ccnc23)c(=O)n(C)c2ccccc12. The van der Waals surface area contributed by atoms with Crippen LogP contribution in [0.1, 0.15) is 21.6 Å². The average Bonchev–Trinajstić information content (AvgIpc) is 3.54. The highest BCUT2D eigenvalue weighted by atomic mass is 19.4. The molecule has 0 spiro atoms. The summed E-state index contributed by atoms with van der Waals surface area (Å²) in [5.74, 6) is -5.86. The largest absolute Gasteiger partial charge is 0.480 e. The third kappa shape index (κ3) is 5.74. The van der Waals surface area contributed by atoms with Crippen molar-refractivity contribution in [3.63, 3.8) is 0 Å². The monoisotopic (exact) mass is 669 g/mol. The molecule has 0 aliphatic carbocycles. The van der Waals surface area contributed by atoms with Gasteiger partial charge in [-0.2, -0.15) is 13.2 Å². The molecule has 48 heavy (non-hydrogen) atoms. The number of amides is 1. The number of halogens is 5. The molecule has 0 radical (unpaired) electrons. The molecule has 0 bridgehead atoms. The lowest BCUT2D eigenvalue weighted by molar-refractivity contribution is -0.167. The number of nitrogens with zero attached hydrogens (tertiary/aromatic N) is 4. The van der Waals surface area contributed by atoms with Gasteiger partial charge in [0.25, 0.3) is 11.5 Å². The molecule has 2 aromatic carbocycles. The Kier molecular flexibility index (Phi) is 8.41. The second-order valence-electron chi connectivity index (χ2n) is 11.4. The van der Waals surface area contributed by atoms with Crippen molar-refractivity contribution in [2.75, 3.05) is 24.7 Å². The van der Waals surface area contributed by atoms with Gasteiger partial charge >= 0.3 is 12.1 Å². The Morgan fingerprint density at radius 1 is 1.12 bits per heavy atom. The van der Waals surface area contributed by atoms with Crippen molar-refractivity contribution < 1.29 is 41.4 Å². The number of aromatic nitrogens is 3. The number of anilines is 1. The van der Waals surface area contributed by atoms with E-state index >= 15 is 8.78 Å². The van der Waals surface area contributed by atoms with E-state index in [1.165, 1.54) is 10.8 Å². The summed E-state index contributed by atoms with van der Waals surface area (Å²) >= 11 is 0. The number of hydrogen-bond acceptors (Lipinski definition) is 6. The van der Waals surface area contributed by atoms with Crippen LogP contribution in [0.3, 0.4) is 0 Å². The van der Waals surface area contributed by atoms with Gasteiger partial charge in [0.05, 0.1) is 24.3 Å². The topological polar surface area (TPSA) is 118 Å². The van der Waals surface area contributed by atoms with Gasteiger partial charge in [0, 0.05) is 54.7 Å². The second kappa shape index (κ2) is 12.4. The number of alkyl halides is 3. The highest BCUT2D eigenvalue weighted by molar-refractivity contribution is 5.97. The number of rotatable bonds is 7. The van der Waals surface area contributed by atoms with Gasteiger partial charge in [-0.25, -0.2) is 18.6 Å². The van der Waals surface area contributed by atoms with Crippen LogP contribution in [0, 0.1) is 18.6 Å². The number of para-hydroxylation sites is 1. The summed E-state index contributed by atoms with van der Waals surface area (Å²) in [6, 6.07) is 7.97. The summed E-state index contributed by atoms with van der Waals surface area (Å²) in [6.07, 6.45) is -2.10. The number of ether oxygens (including phenoxy) is 1. The minimum absolute atomic E-state index is 0.109. The number of morpholine rings is 1. The van der Waals surface area contributed by atoms with Crippen LogP contribution < -0.4 is 15.8 Å². The third-order valence-corrected chi connectivity index (χ3v) is 8.57. The fourth-order valence-corrected chi connectivity index (χ4v) is 6.17. The summed E-state index contributed by atoms with van der Waals surface area (Å²) in [5, 5.41) is 12.9. The van der Waals surface area contributed by atoms with Gasteiger partial charge in [-0.05, 0) is 42.8 Å². The minimum Gasteiger partial charge on any atom is -0.480 e. The molecule has 4 heterocycles. The quantitative estimate of drug-likeness (QED) is 0.243. The molecule has 1 fully saturated rings. The molecule has 10 nitrogen and oxygen atoms in total. The van der Waals surface area contributed by atoms with Gasteiger partial charge in [0.15, 0.2) is 0 Å². The zero-order valence-corrected chi connectivity index (χ0v) is 25.5. The van der Waals surface area contributed by atoms with E-state index in [9.17, 15) is 32.7 Å². The van der Waals surface area contributed by atoms with Crippen molar-refractivity contribution in [2.24, 2.45) is 7.05 Å². The second-order valence-corrected chi connectivity index (χ2v) is 11.4. The van der Waals surface area contributed by atoms with E-state index in [1.807, 2.05) is 31.2 Å². The maximum absolute atomic E-state index is 15.2. The van der Waals surface area contributed by atoms with E-state index < -0.39 is 59.6 Å². The van der Waals surface area contributed by atoms with Gasteiger partial charge in [-0.3, -0.25) is 9.59 Å². The Labute approximate surface area is 269 Å². The van der Waals surface area contributed by atoms with Crippen LogP contribution in [-0.2, 0) is 23.0 Å². The van der Waals surface area contributed by atoms with E-state index in [1.54, 1.807) is 29.8 Å². The maximum atomic E-state index is 15.2. The van der Waals surface area contributed by atoms with Gasteiger partial charge in [0.2, 0.25) is 0 Å². The van der Waals surface area contributed by atoms with E-state index in [-0.39, 0.29) is 25.1 Å². The number of carbonyl (C=O) groups is 2. The zero-order valence-electron chi connectivity index (χ0n) is 25.5. The Morgan fingerprint density at radius 3 is 2.52 bits per heavy atom. The molecular weight excluding hydrogens is 641 g/mol. The lowest BCUT2D eigenvalue weighted by Crippen LogP contribution is -2.53. The zero-order chi connectivity index (χ0) is 34.5. The number of aryl methyl sites for hydroxylation is 2. The summed E-state index contributed by atoms with van der Waals surface area (Å²) < 4.78 is 78.9. The number of nitrogens with one attached hydrogen (secondary N) is 1. The number of carboxylic acid groups (broad SMARTS) is 1. The molecule has 5 aromatic rings. The summed E-state index contributed by atoms with van der Waals surface area (Å²) in [7, 11) is 1.66. The first-order valence-electron chi connectivity index (χ1n) is 14.8. The molecule has 1 amide bonds. The van der Waals surface area contributed by atoms with Gasteiger partial charge < -0.3 is 29.0 Å². The highest BCUT2D eigenvalue weighted by Crippen LogP contribution is 2.33. The smallest absolute Gasteiger partial charge is 0.411 e. The molecule has 250 valence electrons. The minimum atomic E-state index is -4.75. The van der Waals surface area contributed by atoms with Crippen molar-refractivity contribution in [3.05, 3.63) is 99.7 Å². The fourth-order valence-electron chi connectivity index (χ4n) is 6.17. The molecule has 1 aliphatic heterocycles. The summed E-state index contributed by atoms with van der Waals surface area (Å²) in [4.78, 5) is 43.9. The first kappa shape index (κ1) is 32.6. The molecule has 0 saturated carbocycles. The number of fused-ring (bicyclic) bond motifs is 2. The maximum Gasteiger partial charge on any atom is 0.411 e. The Hall–Kier alpha value is -5.31. The number of pyridine rings is 2. The van der Waals surface area contributed by atoms with Crippen LogP contribution in [0.25, 0.3) is 27.7 Å². The Balaban J connectivity index is 1.30. The first-order valence-corrected chi connectivity index (χ1v) is 14.8. The molecule has 2 N–H and O–H groups in total. The molecule has 2 unspecified atom stereocenters. The number of imidazole rings is 1. The van der Waals surface area contributed by atoms with Crippen LogP contribution in [0.5, 0.6) is 0 Å². The van der Waals surface area contributed by atoms with E-state index in [2.05, 4.69) is 10.3 Å². The van der Waals surface area contributed by atoms with E-state index in [4.69, 9.17) is 4.74 Å². The normalized spacial score (nSPS) is 16.0. The number of hydrogen-bond donors (Lipinski definition) is 2. The van der Waals surface area contributed by atoms with Gasteiger partial charge in [0.1, 0.15) is 34.9 Å². The lowest BCUT2D eigenvalue weighted by atomic mass is 9.98. The first-order chi connectivity index (χ1) is 22.8. The number of benzene rings is 2. The summed E-state index contributed by atoms with van der Waals surface area (Å²) in [6.45, 7) is 0.677. The molecule has 3 aromatic heterocycles. The van der Waals surface area contributed by atoms with Crippen molar-refractivity contribution in [1.29, 1.82) is 0 Å². The molecule has 15 heteroatoms. The summed E-state index contributed by atoms with van der Waals surface area (Å²) in [5.41, 5.74) is 1.18. The standard InChI is InChI=1S/C33H28F5N5O5/c1-17-20-5-3-4-6-25(20)41(2)31(45)27(17)21-8-7-18(43-10-9-39-29(21)43)15-24(32(46)47)40-30(44)28-22(34)13-19(14-23(28)35)42-11-12-48-16-26(42)33(36,37)38/h3-10,13-14,24,26H,11-12,15-16H2,1-2H3,(H,40,44)(H,46,47). The highest BCUT2D eigenvalue weighted by Gasteiger charge is 2.46. The van der Waals surface area contributed by atoms with Gasteiger partial charge in [-0.1, -0.05) is 18.2 Å². The van der Waals surface area contributed by atoms with Crippen LogP contribution in [0.4, 0.5) is 27.6 Å². The fraction of sp³-hybridized carbons (Fsp3) is 0.273. The van der Waals surface area contributed by atoms with Crippen molar-refractivity contribution in [1.82, 2.24) is 19.3 Å². The van der Waals surface area contributed by atoms with Crippen LogP contribution in [-0.4, -0.2) is 69.0 Å². The molecule has 1 saturated heterocycles. The molecule has 1 aliphatic rings. The van der Waals surface area contributed by atoms with Crippen molar-refractivity contribution in [3.8, 4) is 11.1 Å². The predicted molar refractivity (Wildman–Crippen MR) is 165 cm³/mol. The van der Waals surface area contributed by atoms with Crippen LogP contribution in [0.15, 0.2) is 65.7 Å². The molecular formula is C33H28F5N5O5. The van der Waals surface area contributed by atoms with E-state index in [0.717, 1.165) is 21.4 Å². The predicted octanol–water partition coefficient (Wildman–Crippen LogP) is 4.63. The molecule has 2 atom stereocenters. The third-order valence-electron chi connectivity index (χ3n) is 8.57. The average molecular weight is 670 g/mol. The van der Waals surface area contributed by atoms with Crippen molar-refractivity contribution >= 4 is 34.1 Å². The Morgan fingerprint density at radius 2 is 1.83 bits per heavy atom. The number of carbonyl (C=O) groups excluding carboxylic acids is 1. The lowest BCUT2D eigenvalue weighted by Gasteiger charge is -2.38. The van der Waals surface area contributed by atoms with E-state index in [0.29, 0.717) is 34.6 Å². The van der Waals surface area contributed by atoms with Gasteiger partial charge in [-0.15, -0.1) is 0 Å². The van der Waals surface area contributed by atoms with Crippen LogP contribution >= 0.6 is 0 Å². The van der Waals surface area contributed by atoms with Crippen LogP contribution in [0.2, 0.25) is 0 Å². The number of carboxylic acids is 1. The Bertz CT molecular complexity index is 2120. The van der Waals surface area contributed by atoms with Crippen molar-refractivity contribution in [2.45, 2.75) is 31.6 Å². The molecule has 6 rings (SSSR count). The number of aliphatic carboxylic acids is 1.